The minimum atomic E-state index is -0.365. The molecule has 6 heteroatoms. The van der Waals surface area contributed by atoms with Crippen molar-refractivity contribution >= 4 is 24.2 Å². The van der Waals surface area contributed by atoms with E-state index < -0.39 is 0 Å². The van der Waals surface area contributed by atoms with Crippen LogP contribution < -0.4 is 5.46 Å². The van der Waals surface area contributed by atoms with Gasteiger partial charge in [-0.15, -0.1) is 0 Å². The monoisotopic (exact) mass is 226 g/mol. The molecule has 0 atom stereocenters. The lowest BCUT2D eigenvalue weighted by atomic mass is 9.77. The Kier molecular flexibility index (Phi) is 2.95. The van der Waals surface area contributed by atoms with Gasteiger partial charge in [0.25, 0.3) is 0 Å². The maximum atomic E-state index is 5.59. The second-order valence-electron chi connectivity index (χ2n) is 4.40. The first kappa shape index (κ1) is 10.9. The lowest BCUT2D eigenvalue weighted by molar-refractivity contribution is 0.0342. The number of hydrogen-bond donors (Lipinski definition) is 0. The molecule has 4 nitrogen and oxygen atoms in total. The first-order chi connectivity index (χ1) is 7.07. The zero-order valence-corrected chi connectivity index (χ0v) is 9.49. The molecule has 1 aromatic heterocycles. The predicted octanol–water partition coefficient (Wildman–Crippen LogP) is 0.898. The minimum absolute atomic E-state index is 0.0732. The van der Waals surface area contributed by atoms with Crippen LogP contribution >= 0.6 is 11.6 Å². The standard InChI is InChI=1S/C9H12BClN2O2/c1-9(2)5-14-10(15-6-9)7-3-12-8(11)13-4-7/h3-4H,5-6H2,1-2H3. The van der Waals surface area contributed by atoms with E-state index in [2.05, 4.69) is 23.8 Å². The zero-order valence-electron chi connectivity index (χ0n) is 8.74. The van der Waals surface area contributed by atoms with Crippen LogP contribution in [0, 0.1) is 5.41 Å². The summed E-state index contributed by atoms with van der Waals surface area (Å²) in [7, 11) is -0.365. The van der Waals surface area contributed by atoms with Crippen molar-refractivity contribution in [1.82, 2.24) is 9.97 Å². The van der Waals surface area contributed by atoms with Crippen LogP contribution in [0.1, 0.15) is 13.8 Å². The predicted molar refractivity (Wildman–Crippen MR) is 58.1 cm³/mol. The van der Waals surface area contributed by atoms with Crippen molar-refractivity contribution in [3.05, 3.63) is 17.7 Å². The molecule has 0 radical (unpaired) electrons. The molecule has 0 unspecified atom stereocenters. The van der Waals surface area contributed by atoms with Gasteiger partial charge in [0.1, 0.15) is 0 Å². The molecular formula is C9H12BClN2O2. The normalized spacial score (nSPS) is 20.3. The summed E-state index contributed by atoms with van der Waals surface area (Å²) in [4.78, 5) is 7.77. The first-order valence-corrected chi connectivity index (χ1v) is 5.15. The molecule has 2 heterocycles. The Morgan fingerprint density at radius 2 is 1.80 bits per heavy atom. The van der Waals surface area contributed by atoms with Crippen molar-refractivity contribution in [3.63, 3.8) is 0 Å². The largest absolute Gasteiger partial charge is 0.497 e. The van der Waals surface area contributed by atoms with Gasteiger partial charge in [0.05, 0.1) is 0 Å². The number of halogens is 1. The van der Waals surface area contributed by atoms with Crippen LogP contribution in [0.25, 0.3) is 0 Å². The number of nitrogens with zero attached hydrogens (tertiary/aromatic N) is 2. The molecule has 1 fully saturated rings. The molecule has 0 aromatic carbocycles. The van der Waals surface area contributed by atoms with Gasteiger partial charge in [-0.25, -0.2) is 9.97 Å². The minimum Gasteiger partial charge on any atom is -0.407 e. The molecule has 15 heavy (non-hydrogen) atoms. The lowest BCUT2D eigenvalue weighted by Crippen LogP contribution is -2.47. The van der Waals surface area contributed by atoms with Crippen molar-refractivity contribution in [2.75, 3.05) is 13.2 Å². The summed E-state index contributed by atoms with van der Waals surface area (Å²) in [6.45, 7) is 5.53. The Balaban J connectivity index is 2.04. The third kappa shape index (κ3) is 2.68. The van der Waals surface area contributed by atoms with Crippen molar-refractivity contribution < 1.29 is 9.31 Å². The van der Waals surface area contributed by atoms with Gasteiger partial charge in [-0.3, -0.25) is 0 Å². The Morgan fingerprint density at radius 1 is 1.27 bits per heavy atom. The van der Waals surface area contributed by atoms with E-state index in [0.29, 0.717) is 13.2 Å². The fourth-order valence-electron chi connectivity index (χ4n) is 1.33. The molecule has 1 aliphatic heterocycles. The van der Waals surface area contributed by atoms with E-state index >= 15 is 0 Å². The lowest BCUT2D eigenvalue weighted by Gasteiger charge is -2.32. The van der Waals surface area contributed by atoms with E-state index in [4.69, 9.17) is 20.9 Å². The Hall–Kier alpha value is -0.645. The molecule has 0 amide bonds. The highest BCUT2D eigenvalue weighted by Gasteiger charge is 2.33. The van der Waals surface area contributed by atoms with Crippen LogP contribution in [0.5, 0.6) is 0 Å². The van der Waals surface area contributed by atoms with E-state index in [1.807, 2.05) is 0 Å². The Labute approximate surface area is 94.1 Å². The molecular weight excluding hydrogens is 214 g/mol. The summed E-state index contributed by atoms with van der Waals surface area (Å²) in [5.41, 5.74) is 0.874. The van der Waals surface area contributed by atoms with Gasteiger partial charge in [-0.2, -0.15) is 0 Å². The van der Waals surface area contributed by atoms with Crippen molar-refractivity contribution in [2.45, 2.75) is 13.8 Å². The highest BCUT2D eigenvalue weighted by atomic mass is 35.5. The Bertz CT molecular complexity index is 334. The number of hydrogen-bond acceptors (Lipinski definition) is 4. The average molecular weight is 226 g/mol. The van der Waals surface area contributed by atoms with E-state index in [1.165, 1.54) is 0 Å². The third-order valence-electron chi connectivity index (χ3n) is 2.16. The number of aromatic nitrogens is 2. The molecule has 1 aliphatic rings. The summed E-state index contributed by atoms with van der Waals surface area (Å²) in [6, 6.07) is 0. The van der Waals surface area contributed by atoms with Gasteiger partial charge in [0.15, 0.2) is 0 Å². The molecule has 1 saturated heterocycles. The van der Waals surface area contributed by atoms with Crippen LogP contribution in [-0.4, -0.2) is 30.3 Å². The van der Waals surface area contributed by atoms with Gasteiger partial charge < -0.3 is 9.31 Å². The van der Waals surface area contributed by atoms with Crippen LogP contribution in [-0.2, 0) is 9.31 Å². The second-order valence-corrected chi connectivity index (χ2v) is 4.74. The maximum Gasteiger partial charge on any atom is 0.497 e. The molecule has 2 rings (SSSR count). The molecule has 80 valence electrons. The first-order valence-electron chi connectivity index (χ1n) is 4.77. The topological polar surface area (TPSA) is 44.2 Å². The number of rotatable bonds is 1. The average Bonchev–Trinajstić information content (AvgIpc) is 2.20. The van der Waals surface area contributed by atoms with Crippen molar-refractivity contribution in [2.24, 2.45) is 5.41 Å². The summed E-state index contributed by atoms with van der Waals surface area (Å²) in [5, 5.41) is 0.231. The SMILES string of the molecule is CC1(C)COB(c2cnc(Cl)nc2)OC1. The summed E-state index contributed by atoms with van der Waals surface area (Å²) in [6.07, 6.45) is 3.25. The molecule has 0 aliphatic carbocycles. The van der Waals surface area contributed by atoms with Crippen molar-refractivity contribution in [3.8, 4) is 0 Å². The fourth-order valence-corrected chi connectivity index (χ4v) is 1.43. The molecule has 1 aromatic rings. The molecule has 0 spiro atoms. The Morgan fingerprint density at radius 3 is 2.33 bits per heavy atom. The summed E-state index contributed by atoms with van der Waals surface area (Å²) < 4.78 is 11.1. The molecule has 0 N–H and O–H groups in total. The fraction of sp³-hybridized carbons (Fsp3) is 0.556. The van der Waals surface area contributed by atoms with E-state index in [1.54, 1.807) is 12.4 Å². The van der Waals surface area contributed by atoms with Gasteiger partial charge >= 0.3 is 7.12 Å². The summed E-state index contributed by atoms with van der Waals surface area (Å²) in [5.74, 6) is 0. The summed E-state index contributed by atoms with van der Waals surface area (Å²) >= 11 is 5.59. The molecule has 0 saturated carbocycles. The zero-order chi connectivity index (χ0) is 10.9. The highest BCUT2D eigenvalue weighted by Crippen LogP contribution is 2.21. The smallest absolute Gasteiger partial charge is 0.407 e. The maximum absolute atomic E-state index is 5.59. The molecule has 0 bridgehead atoms. The van der Waals surface area contributed by atoms with E-state index in [9.17, 15) is 0 Å². The third-order valence-corrected chi connectivity index (χ3v) is 2.36. The van der Waals surface area contributed by atoms with Gasteiger partial charge in [-0.05, 0) is 11.6 Å². The van der Waals surface area contributed by atoms with Gasteiger partial charge in [-0.1, -0.05) is 13.8 Å². The van der Waals surface area contributed by atoms with Crippen LogP contribution in [0.15, 0.2) is 12.4 Å². The van der Waals surface area contributed by atoms with Crippen LogP contribution in [0.3, 0.4) is 0 Å². The quantitative estimate of drug-likeness (QED) is 0.527. The second kappa shape index (κ2) is 4.08. The van der Waals surface area contributed by atoms with Crippen LogP contribution in [0.4, 0.5) is 0 Å². The van der Waals surface area contributed by atoms with E-state index in [-0.39, 0.29) is 17.8 Å². The van der Waals surface area contributed by atoms with Crippen LogP contribution in [0.2, 0.25) is 5.28 Å². The van der Waals surface area contributed by atoms with E-state index in [0.717, 1.165) is 5.46 Å². The van der Waals surface area contributed by atoms with Gasteiger partial charge in [0.2, 0.25) is 5.28 Å². The van der Waals surface area contributed by atoms with Crippen molar-refractivity contribution in [1.29, 1.82) is 0 Å². The highest BCUT2D eigenvalue weighted by molar-refractivity contribution is 6.61. The van der Waals surface area contributed by atoms with Gasteiger partial charge in [0, 0.05) is 36.5 Å².